The van der Waals surface area contributed by atoms with Gasteiger partial charge in [0.1, 0.15) is 11.5 Å². The van der Waals surface area contributed by atoms with Crippen molar-refractivity contribution in [3.8, 4) is 0 Å². The molecule has 2 rings (SSSR count). The van der Waals surface area contributed by atoms with Crippen molar-refractivity contribution in [2.75, 3.05) is 20.6 Å². The van der Waals surface area contributed by atoms with Crippen LogP contribution in [0.3, 0.4) is 0 Å². The zero-order chi connectivity index (χ0) is 14.4. The second-order valence-corrected chi connectivity index (χ2v) is 5.30. The summed E-state index contributed by atoms with van der Waals surface area (Å²) in [5.41, 5.74) is 2.63. The molecule has 0 spiro atoms. The monoisotopic (exact) mass is 272 g/mol. The van der Waals surface area contributed by atoms with E-state index in [-0.39, 0.29) is 0 Å². The molecule has 0 unspecified atom stereocenters. The molecule has 3 nitrogen and oxygen atoms in total. The average molecular weight is 272 g/mol. The molecule has 1 aromatic heterocycles. The largest absolute Gasteiger partial charge is 0.465 e. The van der Waals surface area contributed by atoms with E-state index >= 15 is 0 Å². The van der Waals surface area contributed by atoms with Gasteiger partial charge in [-0.3, -0.25) is 4.90 Å². The van der Waals surface area contributed by atoms with Crippen LogP contribution in [0.15, 0.2) is 40.8 Å². The van der Waals surface area contributed by atoms with Crippen molar-refractivity contribution >= 4 is 0 Å². The van der Waals surface area contributed by atoms with Gasteiger partial charge < -0.3 is 9.73 Å². The number of benzene rings is 1. The fourth-order valence-corrected chi connectivity index (χ4v) is 2.34. The Morgan fingerprint density at radius 2 is 1.95 bits per heavy atom. The second kappa shape index (κ2) is 7.27. The molecule has 0 amide bonds. The third-order valence-electron chi connectivity index (χ3n) is 3.49. The molecule has 0 saturated carbocycles. The fourth-order valence-electron chi connectivity index (χ4n) is 2.34. The molecule has 0 atom stereocenters. The van der Waals surface area contributed by atoms with Crippen LogP contribution < -0.4 is 5.32 Å². The fraction of sp³-hybridized carbons (Fsp3) is 0.412. The Bertz CT molecular complexity index is 519. The van der Waals surface area contributed by atoms with Crippen molar-refractivity contribution in [2.45, 2.75) is 26.4 Å². The van der Waals surface area contributed by atoms with E-state index in [9.17, 15) is 0 Å². The zero-order valence-corrected chi connectivity index (χ0v) is 12.6. The molecule has 1 heterocycles. The summed E-state index contributed by atoms with van der Waals surface area (Å²) in [7, 11) is 4.09. The molecule has 3 heteroatoms. The minimum atomic E-state index is 0.859. The molecule has 1 aromatic carbocycles. The highest BCUT2D eigenvalue weighted by Gasteiger charge is 2.09. The van der Waals surface area contributed by atoms with Gasteiger partial charge in [0, 0.05) is 18.7 Å². The first-order valence-electron chi connectivity index (χ1n) is 7.14. The maximum Gasteiger partial charge on any atom is 0.118 e. The van der Waals surface area contributed by atoms with E-state index in [1.165, 1.54) is 11.1 Å². The zero-order valence-electron chi connectivity index (χ0n) is 12.6. The topological polar surface area (TPSA) is 28.4 Å². The van der Waals surface area contributed by atoms with Gasteiger partial charge in [-0.25, -0.2) is 0 Å². The van der Waals surface area contributed by atoms with Crippen LogP contribution in [0.4, 0.5) is 0 Å². The number of hydrogen-bond donors (Lipinski definition) is 1. The molecular weight excluding hydrogens is 248 g/mol. The Balaban J connectivity index is 1.85. The molecule has 0 fully saturated rings. The van der Waals surface area contributed by atoms with Gasteiger partial charge in [0.25, 0.3) is 0 Å². The molecule has 0 aliphatic carbocycles. The van der Waals surface area contributed by atoms with Crippen LogP contribution in [0.2, 0.25) is 0 Å². The van der Waals surface area contributed by atoms with Crippen LogP contribution >= 0.6 is 0 Å². The van der Waals surface area contributed by atoms with Crippen LogP contribution in [0.1, 0.15) is 22.6 Å². The highest BCUT2D eigenvalue weighted by atomic mass is 16.3. The van der Waals surface area contributed by atoms with Crippen molar-refractivity contribution in [2.24, 2.45) is 0 Å². The van der Waals surface area contributed by atoms with Crippen molar-refractivity contribution < 1.29 is 4.42 Å². The lowest BCUT2D eigenvalue weighted by molar-refractivity contribution is 0.295. The Hall–Kier alpha value is -1.58. The van der Waals surface area contributed by atoms with Gasteiger partial charge >= 0.3 is 0 Å². The van der Waals surface area contributed by atoms with Crippen LogP contribution in [0, 0.1) is 6.92 Å². The first kappa shape index (κ1) is 14.8. The molecule has 1 N–H and O–H groups in total. The Morgan fingerprint density at radius 1 is 1.20 bits per heavy atom. The summed E-state index contributed by atoms with van der Waals surface area (Å²) in [6.07, 6.45) is 1.07. The molecular formula is C17H24N2O. The maximum atomic E-state index is 5.81. The first-order chi connectivity index (χ1) is 9.69. The third kappa shape index (κ3) is 4.22. The van der Waals surface area contributed by atoms with Gasteiger partial charge in [-0.05, 0) is 39.1 Å². The molecule has 0 aliphatic heterocycles. The highest BCUT2D eigenvalue weighted by Crippen LogP contribution is 2.16. The van der Waals surface area contributed by atoms with Gasteiger partial charge in [-0.2, -0.15) is 0 Å². The predicted octanol–water partition coefficient (Wildman–Crippen LogP) is 2.98. The minimum absolute atomic E-state index is 0.859. The molecule has 108 valence electrons. The number of rotatable bonds is 7. The number of aryl methyl sites for hydroxylation is 1. The number of likely N-dealkylation sites (N-methyl/N-ethyl adjacent to an activating group) is 1. The first-order valence-corrected chi connectivity index (χ1v) is 7.14. The van der Waals surface area contributed by atoms with Crippen molar-refractivity contribution in [1.29, 1.82) is 0 Å². The predicted molar refractivity (Wildman–Crippen MR) is 82.7 cm³/mol. The van der Waals surface area contributed by atoms with Gasteiger partial charge in [0.15, 0.2) is 0 Å². The maximum absolute atomic E-state index is 5.81. The van der Waals surface area contributed by atoms with Crippen molar-refractivity contribution in [3.05, 3.63) is 59.0 Å². The quantitative estimate of drug-likeness (QED) is 0.840. The van der Waals surface area contributed by atoms with Gasteiger partial charge in [-0.1, -0.05) is 30.3 Å². The van der Waals surface area contributed by atoms with E-state index in [2.05, 4.69) is 53.7 Å². The smallest absolute Gasteiger partial charge is 0.118 e. The molecule has 0 radical (unpaired) electrons. The standard InChI is InChI=1S/C17H24N2O/c1-14-16(12-18-2)11-17(20-14)13-19(3)10-9-15-7-5-4-6-8-15/h4-8,11,18H,9-10,12-13H2,1-3H3. The van der Waals surface area contributed by atoms with E-state index in [1.807, 2.05) is 14.0 Å². The summed E-state index contributed by atoms with van der Waals surface area (Å²) in [4.78, 5) is 2.30. The van der Waals surface area contributed by atoms with Crippen LogP contribution in [-0.2, 0) is 19.5 Å². The summed E-state index contributed by atoms with van der Waals surface area (Å²) < 4.78 is 5.81. The molecule has 0 saturated heterocycles. The summed E-state index contributed by atoms with van der Waals surface area (Å²) in [5, 5.41) is 3.16. The summed E-state index contributed by atoms with van der Waals surface area (Å²) in [5.74, 6) is 2.06. The van der Waals surface area contributed by atoms with E-state index in [0.29, 0.717) is 0 Å². The number of nitrogens with zero attached hydrogens (tertiary/aromatic N) is 1. The number of furan rings is 1. The lowest BCUT2D eigenvalue weighted by Gasteiger charge is -2.14. The molecule has 2 aromatic rings. The van der Waals surface area contributed by atoms with Crippen LogP contribution in [0.25, 0.3) is 0 Å². The second-order valence-electron chi connectivity index (χ2n) is 5.30. The Labute approximate surface area is 121 Å². The van der Waals surface area contributed by atoms with Gasteiger partial charge in [0.2, 0.25) is 0 Å². The van der Waals surface area contributed by atoms with Crippen molar-refractivity contribution in [3.63, 3.8) is 0 Å². The number of hydrogen-bond acceptors (Lipinski definition) is 3. The van der Waals surface area contributed by atoms with Gasteiger partial charge in [0.05, 0.1) is 6.54 Å². The molecule has 0 bridgehead atoms. The van der Waals surface area contributed by atoms with E-state index in [1.54, 1.807) is 0 Å². The Morgan fingerprint density at radius 3 is 2.65 bits per heavy atom. The van der Waals surface area contributed by atoms with E-state index < -0.39 is 0 Å². The summed E-state index contributed by atoms with van der Waals surface area (Å²) in [6.45, 7) is 4.78. The number of nitrogens with one attached hydrogen (secondary N) is 1. The SMILES string of the molecule is CNCc1cc(CN(C)CCc2ccccc2)oc1C. The average Bonchev–Trinajstić information content (AvgIpc) is 2.78. The lowest BCUT2D eigenvalue weighted by Crippen LogP contribution is -2.20. The summed E-state index contributed by atoms with van der Waals surface area (Å²) in [6, 6.07) is 12.8. The minimum Gasteiger partial charge on any atom is -0.465 e. The normalized spacial score (nSPS) is 11.2. The van der Waals surface area contributed by atoms with Gasteiger partial charge in [-0.15, -0.1) is 0 Å². The van der Waals surface area contributed by atoms with E-state index in [4.69, 9.17) is 4.42 Å². The summed E-state index contributed by atoms with van der Waals surface area (Å²) >= 11 is 0. The highest BCUT2D eigenvalue weighted by molar-refractivity contribution is 5.20. The third-order valence-corrected chi connectivity index (χ3v) is 3.49. The van der Waals surface area contributed by atoms with E-state index in [0.717, 1.165) is 37.6 Å². The van der Waals surface area contributed by atoms with Crippen molar-refractivity contribution in [1.82, 2.24) is 10.2 Å². The Kier molecular flexibility index (Phi) is 5.39. The van der Waals surface area contributed by atoms with Crippen LogP contribution in [0.5, 0.6) is 0 Å². The molecule has 0 aliphatic rings. The lowest BCUT2D eigenvalue weighted by atomic mass is 10.1. The van der Waals surface area contributed by atoms with Crippen LogP contribution in [-0.4, -0.2) is 25.5 Å². The molecule has 20 heavy (non-hydrogen) atoms.